The van der Waals surface area contributed by atoms with Crippen LogP contribution in [-0.4, -0.2) is 19.1 Å². The Kier molecular flexibility index (Phi) is 4.40. The normalized spacial score (nSPS) is 10.5. The molecule has 1 aromatic heterocycles. The Morgan fingerprint density at radius 2 is 2.20 bits per heavy atom. The molecule has 2 aromatic rings. The van der Waals surface area contributed by atoms with Crippen molar-refractivity contribution in [2.24, 2.45) is 0 Å². The number of amides is 1. The molecule has 0 aliphatic heterocycles. The minimum absolute atomic E-state index is 0.154. The molecule has 2 N–H and O–H groups in total. The molecule has 0 radical (unpaired) electrons. The molecule has 1 aromatic carbocycles. The largest absolute Gasteiger partial charge is 0.490 e. The van der Waals surface area contributed by atoms with Crippen LogP contribution in [-0.2, 0) is 0 Å². The summed E-state index contributed by atoms with van der Waals surface area (Å²) in [6.45, 7) is 4.95. The molecule has 2 rings (SSSR count). The second-order valence-corrected chi connectivity index (χ2v) is 4.35. The Morgan fingerprint density at radius 1 is 1.40 bits per heavy atom. The minimum Gasteiger partial charge on any atom is -0.490 e. The molecule has 0 aliphatic carbocycles. The van der Waals surface area contributed by atoms with Crippen molar-refractivity contribution >= 4 is 16.9 Å². The van der Waals surface area contributed by atoms with Crippen molar-refractivity contribution in [1.29, 1.82) is 5.41 Å². The molecular weight excluding hydrogens is 256 g/mol. The summed E-state index contributed by atoms with van der Waals surface area (Å²) in [5, 5.41) is 11.4. The van der Waals surface area contributed by atoms with E-state index in [0.29, 0.717) is 24.5 Å². The summed E-state index contributed by atoms with van der Waals surface area (Å²) in [5.41, 5.74) is 0.573. The van der Waals surface area contributed by atoms with Crippen LogP contribution in [0.15, 0.2) is 28.7 Å². The number of rotatable bonds is 5. The Morgan fingerprint density at radius 3 is 2.90 bits per heavy atom. The van der Waals surface area contributed by atoms with Crippen molar-refractivity contribution in [1.82, 2.24) is 5.32 Å². The maximum Gasteiger partial charge on any atom is 0.256 e. The summed E-state index contributed by atoms with van der Waals surface area (Å²) in [6, 6.07) is 7.11. The molecule has 0 unspecified atom stereocenters. The topological polar surface area (TPSA) is 75.3 Å². The maximum absolute atomic E-state index is 12.0. The van der Waals surface area contributed by atoms with Gasteiger partial charge in [0.05, 0.1) is 6.61 Å². The summed E-state index contributed by atoms with van der Waals surface area (Å²) >= 11 is 0. The van der Waals surface area contributed by atoms with Crippen molar-refractivity contribution in [3.05, 3.63) is 35.4 Å². The number of nitrogens with one attached hydrogen (secondary N) is 2. The second kappa shape index (κ2) is 6.23. The lowest BCUT2D eigenvalue weighted by Crippen LogP contribution is -2.28. The van der Waals surface area contributed by atoms with Gasteiger partial charge >= 0.3 is 0 Å². The number of hydrogen-bond donors (Lipinski definition) is 2. The number of carbonyl (C=O) groups is 1. The lowest BCUT2D eigenvalue weighted by atomic mass is 10.1. The van der Waals surface area contributed by atoms with Gasteiger partial charge in [-0.25, -0.2) is 0 Å². The molecule has 0 saturated carbocycles. The molecule has 0 bridgehead atoms. The van der Waals surface area contributed by atoms with Gasteiger partial charge in [0.15, 0.2) is 11.3 Å². The summed E-state index contributed by atoms with van der Waals surface area (Å²) < 4.78 is 10.9. The summed E-state index contributed by atoms with van der Waals surface area (Å²) in [6.07, 6.45) is 0.846. The fourth-order valence-electron chi connectivity index (χ4n) is 1.91. The molecule has 20 heavy (non-hydrogen) atoms. The van der Waals surface area contributed by atoms with Crippen LogP contribution >= 0.6 is 0 Å². The van der Waals surface area contributed by atoms with Crippen LogP contribution in [0.5, 0.6) is 5.75 Å². The lowest BCUT2D eigenvalue weighted by Gasteiger charge is -2.08. The van der Waals surface area contributed by atoms with Crippen molar-refractivity contribution in [3.63, 3.8) is 0 Å². The zero-order chi connectivity index (χ0) is 14.5. The van der Waals surface area contributed by atoms with Crippen molar-refractivity contribution in [3.8, 4) is 5.75 Å². The van der Waals surface area contributed by atoms with Crippen molar-refractivity contribution in [2.75, 3.05) is 13.2 Å². The van der Waals surface area contributed by atoms with Gasteiger partial charge in [0.1, 0.15) is 5.56 Å². The quantitative estimate of drug-likeness (QED) is 0.879. The third-order valence-electron chi connectivity index (χ3n) is 2.84. The van der Waals surface area contributed by atoms with E-state index in [4.69, 9.17) is 14.6 Å². The van der Waals surface area contributed by atoms with E-state index in [2.05, 4.69) is 5.32 Å². The zero-order valence-corrected chi connectivity index (χ0v) is 11.7. The van der Waals surface area contributed by atoms with Crippen LogP contribution in [0.2, 0.25) is 0 Å². The monoisotopic (exact) mass is 274 g/mol. The smallest absolute Gasteiger partial charge is 0.256 e. The van der Waals surface area contributed by atoms with Crippen LogP contribution in [0.4, 0.5) is 0 Å². The number of hydrogen-bond acceptors (Lipinski definition) is 4. The van der Waals surface area contributed by atoms with Gasteiger partial charge in [-0.3, -0.25) is 10.2 Å². The molecule has 1 amide bonds. The Hall–Kier alpha value is -2.30. The Labute approximate surface area is 117 Å². The molecule has 0 fully saturated rings. The molecule has 0 aliphatic rings. The number of benzene rings is 1. The highest BCUT2D eigenvalue weighted by Gasteiger charge is 2.13. The van der Waals surface area contributed by atoms with E-state index in [1.807, 2.05) is 26.0 Å². The van der Waals surface area contributed by atoms with Gasteiger partial charge in [-0.2, -0.15) is 0 Å². The van der Waals surface area contributed by atoms with E-state index in [1.165, 1.54) is 0 Å². The van der Waals surface area contributed by atoms with Crippen LogP contribution in [0, 0.1) is 5.41 Å². The number of fused-ring (bicyclic) bond motifs is 1. The average molecular weight is 274 g/mol. The summed E-state index contributed by atoms with van der Waals surface area (Å²) in [7, 11) is 0. The molecule has 5 heteroatoms. The molecule has 5 nitrogen and oxygen atoms in total. The van der Waals surface area contributed by atoms with Gasteiger partial charge in [-0.1, -0.05) is 19.1 Å². The van der Waals surface area contributed by atoms with Gasteiger partial charge in [-0.05, 0) is 25.5 Å². The SMILES string of the molecule is CCCNC(=O)c1cc2cccc(OCC)c2oc1=N. The standard InChI is InChI=1S/C15H18N2O3/c1-3-8-17-15(18)11-9-10-6-5-7-12(19-4-2)13(10)20-14(11)16/h5-7,9,16H,3-4,8H2,1-2H3,(H,17,18). The van der Waals surface area contributed by atoms with E-state index in [-0.39, 0.29) is 17.0 Å². The highest BCUT2D eigenvalue weighted by Crippen LogP contribution is 2.24. The number of carbonyl (C=O) groups excluding carboxylic acids is 1. The van der Waals surface area contributed by atoms with E-state index in [9.17, 15) is 4.79 Å². The first kappa shape index (κ1) is 14.1. The predicted molar refractivity (Wildman–Crippen MR) is 75.9 cm³/mol. The van der Waals surface area contributed by atoms with Crippen LogP contribution in [0.1, 0.15) is 30.6 Å². The minimum atomic E-state index is -0.288. The van der Waals surface area contributed by atoms with E-state index in [0.717, 1.165) is 11.8 Å². The van der Waals surface area contributed by atoms with Crippen LogP contribution < -0.4 is 15.6 Å². The fraction of sp³-hybridized carbons (Fsp3) is 0.333. The second-order valence-electron chi connectivity index (χ2n) is 4.35. The molecular formula is C15H18N2O3. The van der Waals surface area contributed by atoms with Gasteiger partial charge in [0.2, 0.25) is 5.55 Å². The van der Waals surface area contributed by atoms with Crippen LogP contribution in [0.3, 0.4) is 0 Å². The fourth-order valence-corrected chi connectivity index (χ4v) is 1.91. The highest BCUT2D eigenvalue weighted by atomic mass is 16.5. The Balaban J connectivity index is 2.48. The van der Waals surface area contributed by atoms with Crippen LogP contribution in [0.25, 0.3) is 11.0 Å². The molecule has 106 valence electrons. The highest BCUT2D eigenvalue weighted by molar-refractivity contribution is 5.97. The first-order valence-electron chi connectivity index (χ1n) is 6.69. The Bertz CT molecular complexity index is 676. The molecule has 0 saturated heterocycles. The summed E-state index contributed by atoms with van der Waals surface area (Å²) in [5.74, 6) is 0.295. The third-order valence-corrected chi connectivity index (χ3v) is 2.84. The van der Waals surface area contributed by atoms with Crippen molar-refractivity contribution < 1.29 is 13.9 Å². The first-order chi connectivity index (χ1) is 9.67. The van der Waals surface area contributed by atoms with E-state index < -0.39 is 0 Å². The van der Waals surface area contributed by atoms with Gasteiger partial charge < -0.3 is 14.5 Å². The number of ether oxygens (including phenoxy) is 1. The van der Waals surface area contributed by atoms with Gasteiger partial charge in [0, 0.05) is 11.9 Å². The molecule has 0 atom stereocenters. The van der Waals surface area contributed by atoms with Crippen molar-refractivity contribution in [2.45, 2.75) is 20.3 Å². The van der Waals surface area contributed by atoms with Gasteiger partial charge in [0.25, 0.3) is 5.91 Å². The third kappa shape index (κ3) is 2.82. The van der Waals surface area contributed by atoms with E-state index in [1.54, 1.807) is 12.1 Å². The lowest BCUT2D eigenvalue weighted by molar-refractivity contribution is 0.0949. The average Bonchev–Trinajstić information content (AvgIpc) is 2.45. The number of para-hydroxylation sites is 1. The van der Waals surface area contributed by atoms with Gasteiger partial charge in [-0.15, -0.1) is 0 Å². The molecule has 0 spiro atoms. The maximum atomic E-state index is 12.0. The molecule has 1 heterocycles. The zero-order valence-electron chi connectivity index (χ0n) is 11.7. The first-order valence-corrected chi connectivity index (χ1v) is 6.69. The predicted octanol–water partition coefficient (Wildman–Crippen LogP) is 2.45. The summed E-state index contributed by atoms with van der Waals surface area (Å²) in [4.78, 5) is 12.0. The van der Waals surface area contributed by atoms with E-state index >= 15 is 0 Å².